The van der Waals surface area contributed by atoms with E-state index in [1.165, 1.54) is 0 Å². The molecule has 1 saturated carbocycles. The van der Waals surface area contributed by atoms with Gasteiger partial charge in [0.05, 0.1) is 0 Å². The zero-order chi connectivity index (χ0) is 24.3. The highest BCUT2D eigenvalue weighted by molar-refractivity contribution is 6.00. The quantitative estimate of drug-likeness (QED) is 0.358. The van der Waals surface area contributed by atoms with E-state index in [4.69, 9.17) is 0 Å². The van der Waals surface area contributed by atoms with Crippen LogP contribution in [0.15, 0.2) is 30.3 Å². The van der Waals surface area contributed by atoms with Crippen LogP contribution in [0.25, 0.3) is 0 Å². The van der Waals surface area contributed by atoms with Crippen LogP contribution in [-0.4, -0.2) is 17.3 Å². The Balaban J connectivity index is 1.93. The molecule has 2 rings (SSSR count). The van der Waals surface area contributed by atoms with Crippen molar-refractivity contribution in [3.8, 4) is 0 Å². The molecule has 1 aromatic carbocycles. The standard InChI is InChI=1S/C29H44O3/c1-20(24(30)27(2,3)4)16-17-28(5,6)26(32)23-15-14-21(18-23)19-29(7,8)25(31)22-12-10-9-11-13-22/h9-13,20-21,23H,14-19H2,1-8H3. The third-order valence-corrected chi connectivity index (χ3v) is 7.42. The number of hydrogen-bond acceptors (Lipinski definition) is 3. The molecular weight excluding hydrogens is 396 g/mol. The van der Waals surface area contributed by atoms with E-state index in [0.717, 1.165) is 44.1 Å². The molecule has 0 aliphatic heterocycles. The summed E-state index contributed by atoms with van der Waals surface area (Å²) in [5, 5.41) is 0. The summed E-state index contributed by atoms with van der Waals surface area (Å²) in [6, 6.07) is 9.52. The average molecular weight is 441 g/mol. The molecule has 0 aromatic heterocycles. The highest BCUT2D eigenvalue weighted by atomic mass is 16.1. The van der Waals surface area contributed by atoms with Gasteiger partial charge >= 0.3 is 0 Å². The van der Waals surface area contributed by atoms with Crippen LogP contribution < -0.4 is 0 Å². The summed E-state index contributed by atoms with van der Waals surface area (Å²) in [6.45, 7) is 16.0. The van der Waals surface area contributed by atoms with Gasteiger partial charge in [-0.05, 0) is 44.4 Å². The predicted molar refractivity (Wildman–Crippen MR) is 132 cm³/mol. The molecule has 1 aromatic rings. The van der Waals surface area contributed by atoms with Crippen molar-refractivity contribution in [1.29, 1.82) is 0 Å². The fourth-order valence-corrected chi connectivity index (χ4v) is 5.42. The largest absolute Gasteiger partial charge is 0.299 e. The van der Waals surface area contributed by atoms with E-state index in [9.17, 15) is 14.4 Å². The molecule has 0 radical (unpaired) electrons. The molecule has 1 aliphatic rings. The lowest BCUT2D eigenvalue weighted by molar-refractivity contribution is -0.133. The van der Waals surface area contributed by atoms with Gasteiger partial charge in [0.25, 0.3) is 0 Å². The van der Waals surface area contributed by atoms with E-state index < -0.39 is 10.8 Å². The summed E-state index contributed by atoms with van der Waals surface area (Å²) >= 11 is 0. The molecule has 1 aliphatic carbocycles. The van der Waals surface area contributed by atoms with Crippen LogP contribution in [-0.2, 0) is 9.59 Å². The van der Waals surface area contributed by atoms with Crippen LogP contribution in [0.5, 0.6) is 0 Å². The van der Waals surface area contributed by atoms with Gasteiger partial charge in [-0.15, -0.1) is 0 Å². The monoisotopic (exact) mass is 440 g/mol. The zero-order valence-corrected chi connectivity index (χ0v) is 21.6. The van der Waals surface area contributed by atoms with Gasteiger partial charge in [0, 0.05) is 33.6 Å². The van der Waals surface area contributed by atoms with Crippen molar-refractivity contribution in [1.82, 2.24) is 0 Å². The van der Waals surface area contributed by atoms with E-state index in [-0.39, 0.29) is 28.8 Å². The Bertz CT molecular complexity index is 811. The summed E-state index contributed by atoms with van der Waals surface area (Å²) in [4.78, 5) is 38.9. The maximum atomic E-state index is 13.4. The second-order valence-corrected chi connectivity index (χ2v) is 12.5. The summed E-state index contributed by atoms with van der Waals surface area (Å²) in [5.74, 6) is 1.25. The number of carbonyl (C=O) groups excluding carboxylic acids is 3. The van der Waals surface area contributed by atoms with E-state index >= 15 is 0 Å². The van der Waals surface area contributed by atoms with Crippen molar-refractivity contribution >= 4 is 17.3 Å². The maximum absolute atomic E-state index is 13.4. The van der Waals surface area contributed by atoms with Crippen molar-refractivity contribution < 1.29 is 14.4 Å². The first-order valence-electron chi connectivity index (χ1n) is 12.3. The van der Waals surface area contributed by atoms with E-state index in [1.54, 1.807) is 0 Å². The van der Waals surface area contributed by atoms with Gasteiger partial charge in [-0.25, -0.2) is 0 Å². The predicted octanol–water partition coefficient (Wildman–Crippen LogP) is 7.33. The summed E-state index contributed by atoms with van der Waals surface area (Å²) in [7, 11) is 0. The topological polar surface area (TPSA) is 51.2 Å². The molecule has 178 valence electrons. The van der Waals surface area contributed by atoms with Gasteiger partial charge in [0.15, 0.2) is 5.78 Å². The molecular formula is C29H44O3. The third kappa shape index (κ3) is 6.62. The SMILES string of the molecule is CC(CCC(C)(C)C(=O)C1CCC(CC(C)(C)C(=O)c2ccccc2)C1)C(=O)C(C)(C)C. The van der Waals surface area contributed by atoms with Gasteiger partial charge in [-0.2, -0.15) is 0 Å². The van der Waals surface area contributed by atoms with Gasteiger partial charge in [0.1, 0.15) is 11.6 Å². The minimum atomic E-state index is -0.428. The molecule has 32 heavy (non-hydrogen) atoms. The van der Waals surface area contributed by atoms with Crippen molar-refractivity contribution in [2.24, 2.45) is 34.0 Å². The first-order valence-corrected chi connectivity index (χ1v) is 12.3. The highest BCUT2D eigenvalue weighted by Crippen LogP contribution is 2.43. The summed E-state index contributed by atoms with van der Waals surface area (Å²) in [6.07, 6.45) is 5.12. The Kier molecular flexibility index (Phi) is 8.29. The number of hydrogen-bond donors (Lipinski definition) is 0. The fraction of sp³-hybridized carbons (Fsp3) is 0.690. The van der Waals surface area contributed by atoms with Crippen LogP contribution in [0.1, 0.15) is 104 Å². The second-order valence-electron chi connectivity index (χ2n) is 12.5. The van der Waals surface area contributed by atoms with Crippen LogP contribution >= 0.6 is 0 Å². The number of ketones is 3. The lowest BCUT2D eigenvalue weighted by Gasteiger charge is -2.30. The summed E-state index contributed by atoms with van der Waals surface area (Å²) in [5.41, 5.74) is -0.414. The van der Waals surface area contributed by atoms with Crippen LogP contribution in [0.2, 0.25) is 0 Å². The first kappa shape index (κ1) is 26.5. The number of rotatable bonds is 10. The molecule has 3 nitrogen and oxygen atoms in total. The first-order chi connectivity index (χ1) is 14.6. The van der Waals surface area contributed by atoms with Crippen molar-refractivity contribution in [2.75, 3.05) is 0 Å². The Morgan fingerprint density at radius 2 is 1.50 bits per heavy atom. The minimum absolute atomic E-state index is 0.0248. The van der Waals surface area contributed by atoms with E-state index in [1.807, 2.05) is 85.7 Å². The Labute approximate surface area is 195 Å². The minimum Gasteiger partial charge on any atom is -0.299 e. The molecule has 0 spiro atoms. The average Bonchev–Trinajstić information content (AvgIpc) is 3.17. The fourth-order valence-electron chi connectivity index (χ4n) is 5.42. The van der Waals surface area contributed by atoms with Gasteiger partial charge in [-0.1, -0.05) is 85.7 Å². The smallest absolute Gasteiger partial charge is 0.168 e. The Hall–Kier alpha value is -1.77. The maximum Gasteiger partial charge on any atom is 0.168 e. The summed E-state index contributed by atoms with van der Waals surface area (Å²) < 4.78 is 0. The van der Waals surface area contributed by atoms with Crippen LogP contribution in [0.3, 0.4) is 0 Å². The molecule has 0 heterocycles. The molecule has 3 heteroatoms. The molecule has 0 bridgehead atoms. The molecule has 0 amide bonds. The lowest BCUT2D eigenvalue weighted by Crippen LogP contribution is -2.33. The number of Topliss-reactive ketones (excluding diaryl/α,β-unsaturated/α-hetero) is 3. The Morgan fingerprint density at radius 3 is 2.06 bits per heavy atom. The highest BCUT2D eigenvalue weighted by Gasteiger charge is 2.41. The normalized spacial score (nSPS) is 20.8. The van der Waals surface area contributed by atoms with Crippen LogP contribution in [0, 0.1) is 34.0 Å². The molecule has 3 atom stereocenters. The number of carbonyl (C=O) groups is 3. The lowest BCUT2D eigenvalue weighted by atomic mass is 9.73. The number of benzene rings is 1. The van der Waals surface area contributed by atoms with Gasteiger partial charge < -0.3 is 0 Å². The third-order valence-electron chi connectivity index (χ3n) is 7.42. The zero-order valence-electron chi connectivity index (χ0n) is 21.6. The van der Waals surface area contributed by atoms with E-state index in [2.05, 4.69) is 0 Å². The van der Waals surface area contributed by atoms with Crippen LogP contribution in [0.4, 0.5) is 0 Å². The molecule has 3 unspecified atom stereocenters. The van der Waals surface area contributed by atoms with Crippen molar-refractivity contribution in [3.63, 3.8) is 0 Å². The Morgan fingerprint density at radius 1 is 0.906 bits per heavy atom. The van der Waals surface area contributed by atoms with Gasteiger partial charge in [-0.3, -0.25) is 14.4 Å². The van der Waals surface area contributed by atoms with Crippen molar-refractivity contribution in [3.05, 3.63) is 35.9 Å². The molecule has 0 N–H and O–H groups in total. The van der Waals surface area contributed by atoms with E-state index in [0.29, 0.717) is 11.7 Å². The second kappa shape index (κ2) is 10.0. The molecule has 1 fully saturated rings. The molecule has 0 saturated heterocycles. The van der Waals surface area contributed by atoms with Gasteiger partial charge in [0.2, 0.25) is 0 Å². The van der Waals surface area contributed by atoms with Crippen molar-refractivity contribution in [2.45, 2.75) is 93.9 Å².